The second-order valence-corrected chi connectivity index (χ2v) is 18.8. The summed E-state index contributed by atoms with van der Waals surface area (Å²) >= 11 is 0. The predicted molar refractivity (Wildman–Crippen MR) is 246 cm³/mol. The average Bonchev–Trinajstić information content (AvgIpc) is 3.93. The van der Waals surface area contributed by atoms with Crippen molar-refractivity contribution in [1.82, 2.24) is 18.8 Å². The molecule has 18 heteroatoms. The van der Waals surface area contributed by atoms with Gasteiger partial charge < -0.3 is 29.4 Å². The maximum atomic E-state index is 13.5. The Balaban J connectivity index is 0.000000181. The topological polar surface area (TPSA) is 151 Å². The molecule has 338 valence electrons. The van der Waals surface area contributed by atoms with Crippen molar-refractivity contribution in [3.63, 3.8) is 0 Å². The van der Waals surface area contributed by atoms with Gasteiger partial charge in [0.05, 0.1) is 15.3 Å². The SMILES string of the molecule is CN(C)CCOc1cccc2[nH]ccc12.CN(C)CCOc1cccc2c1ccn2S(=O)(=O)c1cccc2ccccc12.O=C(O)C(F)(F)F.O=S(=O)(Cl)c1cccc2ccccc12. The summed E-state index contributed by atoms with van der Waals surface area (Å²) in [7, 11) is 5.96. The van der Waals surface area contributed by atoms with Crippen LogP contribution in [0.1, 0.15) is 0 Å². The van der Waals surface area contributed by atoms with E-state index in [4.69, 9.17) is 30.1 Å². The molecule has 6 aromatic carbocycles. The molecule has 64 heavy (non-hydrogen) atoms. The molecule has 2 N–H and O–H groups in total. The van der Waals surface area contributed by atoms with E-state index in [1.165, 1.54) is 10.0 Å². The molecule has 12 nitrogen and oxygen atoms in total. The van der Waals surface area contributed by atoms with Crippen LogP contribution in [0.15, 0.2) is 156 Å². The van der Waals surface area contributed by atoms with Gasteiger partial charge in [-0.25, -0.2) is 25.6 Å². The van der Waals surface area contributed by atoms with Crippen LogP contribution in [0.5, 0.6) is 11.5 Å². The molecule has 0 amide bonds. The highest BCUT2D eigenvalue weighted by molar-refractivity contribution is 8.14. The highest BCUT2D eigenvalue weighted by Crippen LogP contribution is 2.32. The van der Waals surface area contributed by atoms with Crippen LogP contribution < -0.4 is 9.47 Å². The van der Waals surface area contributed by atoms with E-state index in [0.717, 1.165) is 52.5 Å². The highest BCUT2D eigenvalue weighted by Gasteiger charge is 2.38. The van der Waals surface area contributed by atoms with E-state index in [9.17, 15) is 30.0 Å². The van der Waals surface area contributed by atoms with E-state index in [0.29, 0.717) is 33.5 Å². The largest absolute Gasteiger partial charge is 0.492 e. The lowest BCUT2D eigenvalue weighted by molar-refractivity contribution is -0.192. The summed E-state index contributed by atoms with van der Waals surface area (Å²) in [5, 5.41) is 12.2. The van der Waals surface area contributed by atoms with Gasteiger partial charge in [-0.05, 0) is 87.5 Å². The number of hydrogen-bond acceptors (Lipinski definition) is 9. The van der Waals surface area contributed by atoms with Crippen LogP contribution >= 0.6 is 10.7 Å². The zero-order valence-corrected chi connectivity index (χ0v) is 37.5. The lowest BCUT2D eigenvalue weighted by Gasteiger charge is -2.13. The number of rotatable bonds is 11. The lowest BCUT2D eigenvalue weighted by Crippen LogP contribution is -2.21. The van der Waals surface area contributed by atoms with Gasteiger partial charge >= 0.3 is 12.1 Å². The van der Waals surface area contributed by atoms with Crippen LogP contribution in [0, 0.1) is 0 Å². The zero-order valence-electron chi connectivity index (χ0n) is 35.2. The van der Waals surface area contributed by atoms with Crippen molar-refractivity contribution >= 4 is 79.1 Å². The number of fused-ring (bicyclic) bond motifs is 4. The van der Waals surface area contributed by atoms with Crippen LogP contribution in [0.25, 0.3) is 43.4 Å². The average molecular weight is 939 g/mol. The quantitative estimate of drug-likeness (QED) is 0.120. The highest BCUT2D eigenvalue weighted by atomic mass is 35.7. The summed E-state index contributed by atoms with van der Waals surface area (Å²) in [5.41, 5.74) is 1.73. The zero-order chi connectivity index (χ0) is 46.7. The number of carboxylic acids is 1. The number of nitrogens with one attached hydrogen (secondary N) is 1. The van der Waals surface area contributed by atoms with Crippen molar-refractivity contribution in [3.05, 3.63) is 146 Å². The summed E-state index contributed by atoms with van der Waals surface area (Å²) in [4.78, 5) is 16.7. The monoisotopic (exact) mass is 938 g/mol. The Hall–Kier alpha value is -6.11. The van der Waals surface area contributed by atoms with E-state index in [-0.39, 0.29) is 4.90 Å². The Morgan fingerprint density at radius 2 is 1.11 bits per heavy atom. The number of nitrogens with zero attached hydrogens (tertiary/aromatic N) is 3. The van der Waals surface area contributed by atoms with Gasteiger partial charge in [0.15, 0.2) is 0 Å². The number of aliphatic carboxylic acids is 1. The van der Waals surface area contributed by atoms with E-state index in [1.54, 1.807) is 48.7 Å². The first-order chi connectivity index (χ1) is 30.3. The molecule has 0 spiro atoms. The second kappa shape index (κ2) is 21.5. The molecule has 0 bridgehead atoms. The number of aromatic nitrogens is 2. The Morgan fingerprint density at radius 1 is 0.641 bits per heavy atom. The summed E-state index contributed by atoms with van der Waals surface area (Å²) in [6.07, 6.45) is -1.55. The van der Waals surface area contributed by atoms with Crippen LogP contribution in [-0.4, -0.2) is 107 Å². The summed E-state index contributed by atoms with van der Waals surface area (Å²) in [6.45, 7) is 2.97. The maximum absolute atomic E-state index is 13.5. The fourth-order valence-corrected chi connectivity index (χ4v) is 8.90. The molecule has 0 saturated carbocycles. The first-order valence-corrected chi connectivity index (χ1v) is 23.2. The van der Waals surface area contributed by atoms with Crippen LogP contribution in [0.2, 0.25) is 0 Å². The number of carboxylic acid groups (broad SMARTS) is 1. The van der Waals surface area contributed by atoms with E-state index in [1.807, 2.05) is 124 Å². The minimum absolute atomic E-state index is 0.164. The third-order valence-electron chi connectivity index (χ3n) is 9.35. The number of ether oxygens (including phenoxy) is 2. The van der Waals surface area contributed by atoms with Gasteiger partial charge in [0.2, 0.25) is 0 Å². The van der Waals surface area contributed by atoms with Crippen LogP contribution in [0.3, 0.4) is 0 Å². The van der Waals surface area contributed by atoms with Crippen molar-refractivity contribution in [2.24, 2.45) is 0 Å². The number of carbonyl (C=O) groups is 1. The van der Waals surface area contributed by atoms with Gasteiger partial charge in [-0.15, -0.1) is 0 Å². The summed E-state index contributed by atoms with van der Waals surface area (Å²) in [5.74, 6) is -1.12. The number of hydrogen-bond donors (Lipinski definition) is 2. The van der Waals surface area contributed by atoms with Crippen molar-refractivity contribution in [2.45, 2.75) is 16.0 Å². The van der Waals surface area contributed by atoms with Crippen LogP contribution in [-0.2, 0) is 23.9 Å². The molecule has 0 saturated heterocycles. The molecule has 2 heterocycles. The Bertz CT molecular complexity index is 3050. The lowest BCUT2D eigenvalue weighted by atomic mass is 10.1. The molecular weight excluding hydrogens is 893 g/mol. The number of halogens is 4. The molecular formula is C46H46ClF3N4O8S2. The second-order valence-electron chi connectivity index (χ2n) is 14.5. The molecule has 0 atom stereocenters. The van der Waals surface area contributed by atoms with Gasteiger partial charge in [-0.3, -0.25) is 0 Å². The standard InChI is InChI=1S/C22H22N2O3S.C12H16N2O.C10H7ClO2S.C2HF3O2/c1-23(2)15-16-27-21-11-6-10-20-19(21)13-14-24(20)28(25,26)22-12-5-8-17-7-3-4-9-18(17)22;1-14(2)8-9-15-12-5-3-4-11-10(12)6-7-13-11;11-14(12,13)10-7-3-5-8-4-1-2-6-9(8)10;3-2(4,5)1(6)7/h3-14H,15-16H2,1-2H3;3-7,13H,8-9H2,1-2H3;1-7H;(H,6,7). The molecule has 8 aromatic rings. The smallest absolute Gasteiger partial charge is 0.490 e. The molecule has 2 aromatic heterocycles. The summed E-state index contributed by atoms with van der Waals surface area (Å²) < 4.78 is 94.0. The Morgan fingerprint density at radius 3 is 1.64 bits per heavy atom. The minimum atomic E-state index is -5.08. The van der Waals surface area contributed by atoms with Gasteiger partial charge in [-0.1, -0.05) is 84.9 Å². The van der Waals surface area contributed by atoms with Crippen molar-refractivity contribution in [3.8, 4) is 11.5 Å². The predicted octanol–water partition coefficient (Wildman–Crippen LogP) is 9.48. The first-order valence-electron chi connectivity index (χ1n) is 19.5. The number of alkyl halides is 3. The normalized spacial score (nSPS) is 11.7. The van der Waals surface area contributed by atoms with Gasteiger partial charge in [0.25, 0.3) is 19.1 Å². The van der Waals surface area contributed by atoms with Crippen molar-refractivity contribution in [1.29, 1.82) is 0 Å². The molecule has 0 aliphatic rings. The Labute approximate surface area is 373 Å². The molecule has 0 fully saturated rings. The molecule has 0 aliphatic carbocycles. The molecule has 0 aliphatic heterocycles. The third-order valence-corrected chi connectivity index (χ3v) is 12.5. The number of likely N-dealkylation sites (N-methyl/N-ethyl adjacent to an activating group) is 2. The van der Waals surface area contributed by atoms with Crippen molar-refractivity contribution < 1.29 is 49.4 Å². The molecule has 8 rings (SSSR count). The fraction of sp³-hybridized carbons (Fsp3) is 0.196. The number of H-pyrrole nitrogens is 1. The van der Waals surface area contributed by atoms with E-state index < -0.39 is 31.2 Å². The fourth-order valence-electron chi connectivity index (χ4n) is 6.24. The Kier molecular flexibility index (Phi) is 16.4. The van der Waals surface area contributed by atoms with E-state index >= 15 is 0 Å². The van der Waals surface area contributed by atoms with Gasteiger partial charge in [0.1, 0.15) is 24.7 Å². The number of benzene rings is 6. The third kappa shape index (κ3) is 12.8. The first kappa shape index (κ1) is 48.9. The maximum Gasteiger partial charge on any atom is 0.490 e. The number of aromatic amines is 1. The summed E-state index contributed by atoms with van der Waals surface area (Å²) in [6, 6.07) is 40.5. The molecule has 0 unspecified atom stereocenters. The minimum Gasteiger partial charge on any atom is -0.492 e. The van der Waals surface area contributed by atoms with Crippen LogP contribution in [0.4, 0.5) is 13.2 Å². The van der Waals surface area contributed by atoms with Gasteiger partial charge in [0, 0.05) is 63.2 Å². The van der Waals surface area contributed by atoms with E-state index in [2.05, 4.69) is 9.88 Å². The molecule has 0 radical (unpaired) electrons. The van der Waals surface area contributed by atoms with Crippen molar-refractivity contribution in [2.75, 3.05) is 54.5 Å². The van der Waals surface area contributed by atoms with Gasteiger partial charge in [-0.2, -0.15) is 13.2 Å².